The third kappa shape index (κ3) is 4.72. The molecule has 0 atom stereocenters. The zero-order chi connectivity index (χ0) is 25.3. The Kier molecular flexibility index (Phi) is 6.40. The molecular weight excluding hydrogens is 537 g/mol. The monoisotopic (exact) mass is 558 g/mol. The first-order chi connectivity index (χ1) is 18.8. The summed E-state index contributed by atoms with van der Waals surface area (Å²) in [6, 6.07) is 46.2. The van der Waals surface area contributed by atoms with Gasteiger partial charge >= 0.3 is 0 Å². The van der Waals surface area contributed by atoms with Crippen molar-refractivity contribution in [3.8, 4) is 62.0 Å². The number of thiophene rings is 4. The highest BCUT2D eigenvalue weighted by Crippen LogP contribution is 2.43. The van der Waals surface area contributed by atoms with Gasteiger partial charge < -0.3 is 0 Å². The lowest BCUT2D eigenvalue weighted by molar-refractivity contribution is 1.59. The van der Waals surface area contributed by atoms with E-state index in [9.17, 15) is 0 Å². The highest BCUT2D eigenvalue weighted by atomic mass is 32.1. The Morgan fingerprint density at radius 1 is 0.263 bits per heavy atom. The van der Waals surface area contributed by atoms with Gasteiger partial charge in [0.2, 0.25) is 0 Å². The molecule has 0 spiro atoms. The number of benzene rings is 3. The second-order valence-electron chi connectivity index (χ2n) is 8.99. The maximum absolute atomic E-state index is 2.27. The fourth-order valence-corrected chi connectivity index (χ4v) is 8.60. The van der Waals surface area contributed by atoms with Crippen molar-refractivity contribution in [2.24, 2.45) is 0 Å². The van der Waals surface area contributed by atoms with Crippen molar-refractivity contribution in [1.29, 1.82) is 0 Å². The van der Waals surface area contributed by atoms with E-state index in [1.165, 1.54) is 62.0 Å². The van der Waals surface area contributed by atoms with Crippen LogP contribution in [0.1, 0.15) is 0 Å². The van der Waals surface area contributed by atoms with Crippen LogP contribution in [0, 0.1) is 0 Å². The molecule has 0 aliphatic rings. The fourth-order valence-electron chi connectivity index (χ4n) is 4.56. The van der Waals surface area contributed by atoms with Crippen LogP contribution in [0.5, 0.6) is 0 Å². The van der Waals surface area contributed by atoms with Crippen molar-refractivity contribution in [3.63, 3.8) is 0 Å². The van der Waals surface area contributed by atoms with Gasteiger partial charge in [0, 0.05) is 34.1 Å². The lowest BCUT2D eigenvalue weighted by Gasteiger charge is -2.06. The predicted molar refractivity (Wildman–Crippen MR) is 171 cm³/mol. The summed E-state index contributed by atoms with van der Waals surface area (Å²) in [6.45, 7) is 0. The van der Waals surface area contributed by atoms with Crippen molar-refractivity contribution >= 4 is 45.3 Å². The van der Waals surface area contributed by atoms with Crippen LogP contribution < -0.4 is 0 Å². The molecule has 0 fully saturated rings. The summed E-state index contributed by atoms with van der Waals surface area (Å²) in [5.41, 5.74) is 6.24. The Bertz CT molecular complexity index is 1780. The van der Waals surface area contributed by atoms with Crippen LogP contribution in [-0.2, 0) is 0 Å². The van der Waals surface area contributed by atoms with Crippen molar-refractivity contribution in [1.82, 2.24) is 0 Å². The van der Waals surface area contributed by atoms with E-state index in [1.807, 2.05) is 34.0 Å². The van der Waals surface area contributed by atoms with Gasteiger partial charge in [0.15, 0.2) is 0 Å². The largest absolute Gasteiger partial charge is 0.143 e. The Hall–Kier alpha value is -3.54. The van der Waals surface area contributed by atoms with Crippen molar-refractivity contribution in [2.75, 3.05) is 0 Å². The van der Waals surface area contributed by atoms with Crippen LogP contribution >= 0.6 is 45.3 Å². The molecule has 4 heteroatoms. The molecule has 0 N–H and O–H groups in total. The first-order valence-corrected chi connectivity index (χ1v) is 15.7. The summed E-state index contributed by atoms with van der Waals surface area (Å²) < 4.78 is 0. The normalized spacial score (nSPS) is 11.2. The molecule has 4 aromatic heterocycles. The third-order valence-corrected chi connectivity index (χ3v) is 11.3. The molecule has 182 valence electrons. The zero-order valence-corrected chi connectivity index (χ0v) is 23.6. The number of hydrogen-bond donors (Lipinski definition) is 0. The van der Waals surface area contributed by atoms with Crippen LogP contribution in [-0.4, -0.2) is 0 Å². The van der Waals surface area contributed by atoms with Gasteiger partial charge in [0.1, 0.15) is 0 Å². The van der Waals surface area contributed by atoms with Crippen molar-refractivity contribution in [2.45, 2.75) is 0 Å². The van der Waals surface area contributed by atoms with Crippen LogP contribution in [0.25, 0.3) is 62.0 Å². The minimum atomic E-state index is 1.24. The molecule has 3 aromatic carbocycles. The highest BCUT2D eigenvalue weighted by molar-refractivity contribution is 7.28. The van der Waals surface area contributed by atoms with E-state index in [1.54, 1.807) is 11.3 Å². The minimum Gasteiger partial charge on any atom is -0.143 e. The van der Waals surface area contributed by atoms with Crippen molar-refractivity contribution < 1.29 is 0 Å². The smallest absolute Gasteiger partial charge is 0.0449 e. The molecule has 0 amide bonds. The highest BCUT2D eigenvalue weighted by Gasteiger charge is 2.12. The second-order valence-corrected chi connectivity index (χ2v) is 13.2. The summed E-state index contributed by atoms with van der Waals surface area (Å²) in [5.74, 6) is 0. The van der Waals surface area contributed by atoms with Crippen LogP contribution in [0.15, 0.2) is 133 Å². The lowest BCUT2D eigenvalue weighted by Crippen LogP contribution is -1.81. The van der Waals surface area contributed by atoms with E-state index in [-0.39, 0.29) is 0 Å². The summed E-state index contributed by atoms with van der Waals surface area (Å²) in [6.07, 6.45) is 0. The van der Waals surface area contributed by atoms with Gasteiger partial charge in [-0.3, -0.25) is 0 Å². The van der Waals surface area contributed by atoms with Crippen LogP contribution in [0.2, 0.25) is 0 Å². The SMILES string of the molecule is c1ccc(-c2ccc(-c3ccc(-c4ccc(-c5ccc(-c6ccc(-c7cccs7)s6)s5)s4)cc3)cc2)cc1. The van der Waals surface area contributed by atoms with Gasteiger partial charge in [-0.25, -0.2) is 0 Å². The second kappa shape index (κ2) is 10.3. The first kappa shape index (κ1) is 23.6. The van der Waals surface area contributed by atoms with E-state index < -0.39 is 0 Å². The standard InChI is InChI=1S/C34H22S4/c1-2-5-23(6-3-1)24-8-10-25(11-9-24)26-12-14-27(15-13-26)28-16-17-31(36-28)32-20-21-34(38-32)33-19-18-30(37-33)29-7-4-22-35-29/h1-22H. The minimum absolute atomic E-state index is 1.24. The summed E-state index contributed by atoms with van der Waals surface area (Å²) >= 11 is 7.43. The molecule has 0 saturated carbocycles. The quantitative estimate of drug-likeness (QED) is 0.190. The van der Waals surface area contributed by atoms with E-state index in [0.29, 0.717) is 0 Å². The first-order valence-electron chi connectivity index (χ1n) is 12.4. The van der Waals surface area contributed by atoms with Gasteiger partial charge in [0.25, 0.3) is 0 Å². The Balaban J connectivity index is 1.08. The molecule has 0 aliphatic heterocycles. The average Bonchev–Trinajstić information content (AvgIpc) is 3.80. The molecular formula is C34H22S4. The maximum atomic E-state index is 2.27. The molecule has 0 unspecified atom stereocenters. The molecule has 0 aliphatic carbocycles. The molecule has 38 heavy (non-hydrogen) atoms. The van der Waals surface area contributed by atoms with E-state index in [0.717, 1.165) is 0 Å². The fraction of sp³-hybridized carbons (Fsp3) is 0. The molecule has 0 saturated heterocycles. The van der Waals surface area contributed by atoms with Crippen molar-refractivity contribution in [3.05, 3.63) is 133 Å². The molecule has 7 aromatic rings. The van der Waals surface area contributed by atoms with Gasteiger partial charge in [-0.15, -0.1) is 45.3 Å². The van der Waals surface area contributed by atoms with E-state index in [2.05, 4.69) is 133 Å². The Morgan fingerprint density at radius 2 is 0.658 bits per heavy atom. The Morgan fingerprint density at radius 3 is 1.13 bits per heavy atom. The van der Waals surface area contributed by atoms with Gasteiger partial charge in [-0.05, 0) is 75.7 Å². The summed E-state index contributed by atoms with van der Waals surface area (Å²) in [4.78, 5) is 9.33. The summed E-state index contributed by atoms with van der Waals surface area (Å²) in [5, 5.41) is 2.14. The predicted octanol–water partition coefficient (Wildman–Crippen LogP) is 11.9. The van der Waals surface area contributed by atoms with E-state index in [4.69, 9.17) is 0 Å². The Labute approximate surface area is 238 Å². The number of hydrogen-bond acceptors (Lipinski definition) is 4. The third-order valence-electron chi connectivity index (χ3n) is 6.56. The molecule has 0 nitrogen and oxygen atoms in total. The lowest BCUT2D eigenvalue weighted by atomic mass is 9.99. The topological polar surface area (TPSA) is 0 Å². The van der Waals surface area contributed by atoms with Gasteiger partial charge in [-0.2, -0.15) is 0 Å². The van der Waals surface area contributed by atoms with Gasteiger partial charge in [-0.1, -0.05) is 84.9 Å². The van der Waals surface area contributed by atoms with Gasteiger partial charge in [0.05, 0.1) is 0 Å². The summed E-state index contributed by atoms with van der Waals surface area (Å²) in [7, 11) is 0. The van der Waals surface area contributed by atoms with Crippen LogP contribution in [0.3, 0.4) is 0 Å². The maximum Gasteiger partial charge on any atom is 0.0449 e. The molecule has 7 rings (SSSR count). The molecule has 4 heterocycles. The van der Waals surface area contributed by atoms with Crippen LogP contribution in [0.4, 0.5) is 0 Å². The number of rotatable bonds is 6. The van der Waals surface area contributed by atoms with E-state index >= 15 is 0 Å². The molecule has 0 bridgehead atoms. The average molecular weight is 559 g/mol. The zero-order valence-electron chi connectivity index (χ0n) is 20.3. The molecule has 0 radical (unpaired) electrons.